The lowest BCUT2D eigenvalue weighted by Gasteiger charge is -2.16. The van der Waals surface area contributed by atoms with Crippen LogP contribution in [0.1, 0.15) is 36.5 Å². The number of benzene rings is 5. The molecule has 0 fully saturated rings. The van der Waals surface area contributed by atoms with Crippen LogP contribution in [-0.2, 0) is 38.5 Å². The highest BCUT2D eigenvalue weighted by Gasteiger charge is 2.21. The number of esters is 2. The monoisotopic (exact) mass is 756 g/mol. The van der Waals surface area contributed by atoms with Gasteiger partial charge in [-0.25, -0.2) is 9.59 Å². The van der Waals surface area contributed by atoms with Gasteiger partial charge in [-0.2, -0.15) is 0 Å². The number of carbonyl (C=O) groups is 2. The molecule has 53 heavy (non-hydrogen) atoms. The molecule has 10 heteroatoms. The number of carbonyl (C=O) groups excluding carboxylic acids is 2. The van der Waals surface area contributed by atoms with Crippen LogP contribution in [0.3, 0.4) is 0 Å². The summed E-state index contributed by atoms with van der Waals surface area (Å²) in [6.45, 7) is 2.08. The maximum atomic E-state index is 12.0. The highest BCUT2D eigenvalue weighted by Crippen LogP contribution is 2.25. The third-order valence-corrected chi connectivity index (χ3v) is 8.80. The van der Waals surface area contributed by atoms with Gasteiger partial charge in [0.1, 0.15) is 6.61 Å². The molecule has 6 N–H and O–H groups in total. The molecule has 0 bridgehead atoms. The predicted molar refractivity (Wildman–Crippen MR) is 211 cm³/mol. The first-order chi connectivity index (χ1) is 25.5. The number of hydrogen-bond acceptors (Lipinski definition) is 8. The average Bonchev–Trinajstić information content (AvgIpc) is 3.15. The molecular formula is C43H46Cl2N2O6. The smallest absolute Gasteiger partial charge is 0.335 e. The van der Waals surface area contributed by atoms with E-state index in [4.69, 9.17) is 44.1 Å². The van der Waals surface area contributed by atoms with Crippen LogP contribution in [-0.4, -0.2) is 53.1 Å². The van der Waals surface area contributed by atoms with Gasteiger partial charge in [0.25, 0.3) is 0 Å². The Morgan fingerprint density at radius 3 is 1.42 bits per heavy atom. The van der Waals surface area contributed by atoms with Crippen LogP contribution in [0, 0.1) is 0 Å². The summed E-state index contributed by atoms with van der Waals surface area (Å²) in [5.74, 6) is -1.27. The van der Waals surface area contributed by atoms with Gasteiger partial charge in [-0.05, 0) is 95.8 Å². The van der Waals surface area contributed by atoms with E-state index in [9.17, 15) is 19.8 Å². The van der Waals surface area contributed by atoms with Crippen molar-refractivity contribution in [3.8, 4) is 22.3 Å². The number of hydrogen-bond donors (Lipinski definition) is 4. The van der Waals surface area contributed by atoms with E-state index in [2.05, 4.69) is 0 Å². The SMILES string of the molecule is CCOC(=O)[C@H](O)C[C@H](N)Cc1ccc(-c2cccc(Cl)c2)cc1.N[C@H](Cc1ccc(-c2cccc(Cl)c2)cc1)C[C@@H](O)C(=O)OCc1ccccc1. The molecule has 0 aliphatic heterocycles. The summed E-state index contributed by atoms with van der Waals surface area (Å²) in [6.07, 6.45) is -0.964. The minimum atomic E-state index is -1.24. The van der Waals surface area contributed by atoms with Crippen molar-refractivity contribution in [2.24, 2.45) is 11.5 Å². The number of rotatable bonds is 15. The van der Waals surface area contributed by atoms with Crippen molar-refractivity contribution in [3.63, 3.8) is 0 Å². The second-order valence-corrected chi connectivity index (χ2v) is 13.6. The third kappa shape index (κ3) is 14.1. The molecule has 0 saturated carbocycles. The van der Waals surface area contributed by atoms with Crippen LogP contribution in [0.25, 0.3) is 22.3 Å². The van der Waals surface area contributed by atoms with Crippen molar-refractivity contribution >= 4 is 35.1 Å². The van der Waals surface area contributed by atoms with Crippen molar-refractivity contribution in [2.75, 3.05) is 6.61 Å². The van der Waals surface area contributed by atoms with E-state index in [1.165, 1.54) is 0 Å². The van der Waals surface area contributed by atoms with Crippen LogP contribution in [0.15, 0.2) is 127 Å². The van der Waals surface area contributed by atoms with Crippen LogP contribution < -0.4 is 11.5 Å². The Kier molecular flexibility index (Phi) is 16.5. The van der Waals surface area contributed by atoms with E-state index in [0.717, 1.165) is 38.9 Å². The van der Waals surface area contributed by atoms with E-state index in [-0.39, 0.29) is 38.1 Å². The van der Waals surface area contributed by atoms with Crippen molar-refractivity contribution in [1.82, 2.24) is 0 Å². The summed E-state index contributed by atoms with van der Waals surface area (Å²) < 4.78 is 9.93. The van der Waals surface area contributed by atoms with Gasteiger partial charge in [-0.15, -0.1) is 0 Å². The number of aliphatic hydroxyl groups excluding tert-OH is 2. The van der Waals surface area contributed by atoms with Gasteiger partial charge in [0.2, 0.25) is 0 Å². The molecule has 0 aliphatic rings. The normalized spacial score (nSPS) is 13.1. The number of halogens is 2. The van der Waals surface area contributed by atoms with Crippen molar-refractivity contribution < 1.29 is 29.3 Å². The fraction of sp³-hybridized carbons (Fsp3) is 0.256. The lowest BCUT2D eigenvalue weighted by molar-refractivity contribution is -0.155. The first-order valence-electron chi connectivity index (χ1n) is 17.4. The average molecular weight is 758 g/mol. The largest absolute Gasteiger partial charge is 0.464 e. The maximum Gasteiger partial charge on any atom is 0.335 e. The fourth-order valence-electron chi connectivity index (χ4n) is 5.60. The van der Waals surface area contributed by atoms with Crippen LogP contribution in [0.4, 0.5) is 0 Å². The molecule has 0 aliphatic carbocycles. The van der Waals surface area contributed by atoms with E-state index < -0.39 is 24.1 Å². The molecular weight excluding hydrogens is 711 g/mol. The zero-order valence-corrected chi connectivity index (χ0v) is 31.1. The Balaban J connectivity index is 0.000000241. The second-order valence-electron chi connectivity index (χ2n) is 12.7. The van der Waals surface area contributed by atoms with Gasteiger partial charge in [-0.1, -0.05) is 126 Å². The van der Waals surface area contributed by atoms with Crippen molar-refractivity contribution in [2.45, 2.75) is 63.5 Å². The molecule has 0 amide bonds. The fourth-order valence-corrected chi connectivity index (χ4v) is 5.98. The molecule has 0 radical (unpaired) electrons. The van der Waals surface area contributed by atoms with Gasteiger partial charge in [0, 0.05) is 22.1 Å². The summed E-state index contributed by atoms with van der Waals surface area (Å²) in [7, 11) is 0. The number of aliphatic hydroxyl groups is 2. The Morgan fingerprint density at radius 1 is 0.566 bits per heavy atom. The summed E-state index contributed by atoms with van der Waals surface area (Å²) in [5, 5.41) is 21.2. The summed E-state index contributed by atoms with van der Waals surface area (Å²) in [6, 6.07) is 40.0. The minimum Gasteiger partial charge on any atom is -0.464 e. The zero-order chi connectivity index (χ0) is 38.2. The summed E-state index contributed by atoms with van der Waals surface area (Å²) in [4.78, 5) is 23.4. The van der Waals surface area contributed by atoms with E-state index in [0.29, 0.717) is 22.9 Å². The molecule has 4 atom stereocenters. The van der Waals surface area contributed by atoms with Gasteiger partial charge in [-0.3, -0.25) is 0 Å². The Morgan fingerprint density at radius 2 is 1.00 bits per heavy atom. The second kappa shape index (κ2) is 21.2. The number of ether oxygens (including phenoxy) is 2. The lowest BCUT2D eigenvalue weighted by atomic mass is 9.98. The van der Waals surface area contributed by atoms with E-state index >= 15 is 0 Å². The molecule has 0 spiro atoms. The molecule has 8 nitrogen and oxygen atoms in total. The van der Waals surface area contributed by atoms with Crippen molar-refractivity contribution in [3.05, 3.63) is 154 Å². The Labute approximate surface area is 321 Å². The minimum absolute atomic E-state index is 0.136. The van der Waals surface area contributed by atoms with Crippen LogP contribution in [0.5, 0.6) is 0 Å². The molecule has 0 unspecified atom stereocenters. The molecule has 278 valence electrons. The standard InChI is InChI=1S/C24H24ClNO3.C19H22ClNO3/c25-21-8-4-7-20(14-21)19-11-9-17(10-12-19)13-22(26)15-23(27)24(28)29-16-18-5-2-1-3-6-18;1-2-24-19(23)18(22)12-17(21)10-13-6-8-14(9-7-13)15-4-3-5-16(20)11-15/h1-12,14,22-23,27H,13,15-16,26H2;3-9,11,17-18,22H,2,10,12,21H2,1H3/t22-,23-;17-,18-/m11/s1. The molecule has 5 rings (SSSR count). The molecule has 5 aromatic carbocycles. The van der Waals surface area contributed by atoms with Gasteiger partial charge in [0.15, 0.2) is 12.2 Å². The predicted octanol–water partition coefficient (Wildman–Crippen LogP) is 7.56. The summed E-state index contributed by atoms with van der Waals surface area (Å²) >= 11 is 12.1. The van der Waals surface area contributed by atoms with Crippen molar-refractivity contribution in [1.29, 1.82) is 0 Å². The first kappa shape index (κ1) is 41.2. The first-order valence-corrected chi connectivity index (χ1v) is 18.2. The molecule has 0 saturated heterocycles. The highest BCUT2D eigenvalue weighted by atomic mass is 35.5. The maximum absolute atomic E-state index is 12.0. The van der Waals surface area contributed by atoms with Gasteiger partial charge in [0.05, 0.1) is 6.61 Å². The van der Waals surface area contributed by atoms with Gasteiger partial charge < -0.3 is 31.2 Å². The van der Waals surface area contributed by atoms with E-state index in [1.807, 2.05) is 127 Å². The zero-order valence-electron chi connectivity index (χ0n) is 29.6. The Hall–Kier alpha value is -4.54. The lowest BCUT2D eigenvalue weighted by Crippen LogP contribution is -2.33. The summed E-state index contributed by atoms with van der Waals surface area (Å²) in [5.41, 5.74) is 19.3. The third-order valence-electron chi connectivity index (χ3n) is 8.33. The molecule has 0 heterocycles. The van der Waals surface area contributed by atoms with Crippen LogP contribution >= 0.6 is 23.2 Å². The quantitative estimate of drug-likeness (QED) is 0.0802. The topological polar surface area (TPSA) is 145 Å². The number of nitrogens with two attached hydrogens (primary N) is 2. The van der Waals surface area contributed by atoms with Gasteiger partial charge >= 0.3 is 11.9 Å². The molecule has 0 aromatic heterocycles. The van der Waals surface area contributed by atoms with Crippen LogP contribution in [0.2, 0.25) is 10.0 Å². The molecule has 5 aromatic rings. The van der Waals surface area contributed by atoms with E-state index in [1.54, 1.807) is 6.92 Å². The Bertz CT molecular complexity index is 1870. The highest BCUT2D eigenvalue weighted by molar-refractivity contribution is 6.31.